The van der Waals surface area contributed by atoms with Crippen LogP contribution in [0.1, 0.15) is 46.0 Å². The van der Waals surface area contributed by atoms with Gasteiger partial charge in [-0.05, 0) is 68.4 Å². The molecule has 1 aliphatic heterocycles. The molecule has 0 radical (unpaired) electrons. The van der Waals surface area contributed by atoms with Gasteiger partial charge < -0.3 is 9.64 Å². The number of methoxy groups -OCH3 is 1. The van der Waals surface area contributed by atoms with Crippen LogP contribution in [0.25, 0.3) is 0 Å². The van der Waals surface area contributed by atoms with Gasteiger partial charge in [-0.3, -0.25) is 0 Å². The van der Waals surface area contributed by atoms with E-state index in [9.17, 15) is 0 Å². The number of fused-ring (bicyclic) bond motifs is 1. The van der Waals surface area contributed by atoms with Crippen molar-refractivity contribution in [1.29, 1.82) is 0 Å². The van der Waals surface area contributed by atoms with Gasteiger partial charge in [0.25, 0.3) is 0 Å². The second-order valence-corrected chi connectivity index (χ2v) is 6.79. The molecule has 1 saturated carbocycles. The number of rotatable bonds is 1. The van der Waals surface area contributed by atoms with Gasteiger partial charge >= 0.3 is 0 Å². The Balaban J connectivity index is 1.84. The highest BCUT2D eigenvalue weighted by Gasteiger charge is 2.53. The molecule has 1 aromatic carbocycles. The van der Waals surface area contributed by atoms with E-state index < -0.39 is 7.00 Å². The van der Waals surface area contributed by atoms with Crippen LogP contribution in [-0.2, 0) is 11.8 Å². The number of benzene rings is 1. The molecule has 2 bridgehead atoms. The molecule has 0 amide bonds. The van der Waals surface area contributed by atoms with Crippen LogP contribution in [0.15, 0.2) is 18.2 Å². The van der Waals surface area contributed by atoms with Crippen molar-refractivity contribution in [2.45, 2.75) is 50.0 Å². The Labute approximate surface area is 124 Å². The van der Waals surface area contributed by atoms with Crippen LogP contribution in [0, 0.1) is 5.92 Å². The fourth-order valence-corrected chi connectivity index (χ4v) is 5.14. The van der Waals surface area contributed by atoms with Crippen LogP contribution in [0.3, 0.4) is 0 Å². The molecule has 2 aliphatic carbocycles. The number of hydrogen-bond acceptors (Lipinski definition) is 2. The third kappa shape index (κ3) is 1.60. The molecule has 0 N–H and O–H groups in total. The molecule has 20 heavy (non-hydrogen) atoms. The van der Waals surface area contributed by atoms with E-state index >= 15 is 0 Å². The Kier molecular flexibility index (Phi) is 2.40. The first-order valence-electron chi connectivity index (χ1n) is 9.09. The van der Waals surface area contributed by atoms with Gasteiger partial charge in [0.1, 0.15) is 5.75 Å². The van der Waals surface area contributed by atoms with Crippen LogP contribution in [-0.4, -0.2) is 31.6 Å². The zero-order chi connectivity index (χ0) is 15.3. The summed E-state index contributed by atoms with van der Waals surface area (Å²) in [5.74, 6) is 1.59. The average Bonchev–Trinajstić information content (AvgIpc) is 2.54. The zero-order valence-electron chi connectivity index (χ0n) is 14.3. The lowest BCUT2D eigenvalue weighted by molar-refractivity contribution is 0.00274. The first-order chi connectivity index (χ1) is 10.7. The number of likely N-dealkylation sites (tertiary alicyclic amines) is 1. The third-order valence-electron chi connectivity index (χ3n) is 6.09. The Bertz CT molecular complexity index is 576. The number of hydrogen-bond donors (Lipinski definition) is 0. The SMILES string of the molecule is [2H]C([2H])N1CC[C@]23CCCCC2[C@H]1Cc1ccc(OC)cc13. The van der Waals surface area contributed by atoms with Crippen molar-refractivity contribution in [1.82, 2.24) is 4.90 Å². The van der Waals surface area contributed by atoms with E-state index in [1.807, 2.05) is 0 Å². The number of ether oxygens (including phenoxy) is 1. The van der Waals surface area contributed by atoms with E-state index in [-0.39, 0.29) is 5.41 Å². The molecule has 1 saturated heterocycles. The summed E-state index contributed by atoms with van der Waals surface area (Å²) in [6.07, 6.45) is 7.23. The smallest absolute Gasteiger partial charge is 0.119 e. The highest BCUT2D eigenvalue weighted by atomic mass is 16.5. The summed E-state index contributed by atoms with van der Waals surface area (Å²) in [6, 6.07) is 6.95. The summed E-state index contributed by atoms with van der Waals surface area (Å²) < 4.78 is 21.3. The quantitative estimate of drug-likeness (QED) is 0.778. The maximum Gasteiger partial charge on any atom is 0.119 e. The first-order valence-corrected chi connectivity index (χ1v) is 7.93. The fraction of sp³-hybridized carbons (Fsp3) is 0.667. The van der Waals surface area contributed by atoms with Crippen LogP contribution in [0.2, 0.25) is 0 Å². The second-order valence-electron chi connectivity index (χ2n) is 6.79. The Morgan fingerprint density at radius 2 is 2.30 bits per heavy atom. The van der Waals surface area contributed by atoms with E-state index in [2.05, 4.69) is 23.1 Å². The summed E-state index contributed by atoms with van der Waals surface area (Å²) in [5.41, 5.74) is 3.21. The predicted octanol–water partition coefficient (Wildman–Crippen LogP) is 3.38. The summed E-state index contributed by atoms with van der Waals surface area (Å²) in [4.78, 5) is 2.13. The predicted molar refractivity (Wildman–Crippen MR) is 81.4 cm³/mol. The van der Waals surface area contributed by atoms with Gasteiger partial charge in [-0.15, -0.1) is 0 Å². The molecule has 2 heteroatoms. The monoisotopic (exact) mass is 273 g/mol. The molecule has 1 aromatic rings. The van der Waals surface area contributed by atoms with Crippen molar-refractivity contribution in [3.05, 3.63) is 29.3 Å². The van der Waals surface area contributed by atoms with Gasteiger partial charge in [0.15, 0.2) is 0 Å². The van der Waals surface area contributed by atoms with Crippen LogP contribution in [0.5, 0.6) is 5.75 Å². The molecule has 4 rings (SSSR count). The van der Waals surface area contributed by atoms with Crippen LogP contribution >= 0.6 is 0 Å². The van der Waals surface area contributed by atoms with Crippen molar-refractivity contribution in [2.75, 3.05) is 20.7 Å². The Hall–Kier alpha value is -1.02. The molecule has 3 aliphatic rings. The minimum Gasteiger partial charge on any atom is -0.497 e. The van der Waals surface area contributed by atoms with E-state index in [1.54, 1.807) is 7.11 Å². The van der Waals surface area contributed by atoms with Crippen molar-refractivity contribution < 1.29 is 7.48 Å². The molecule has 3 atom stereocenters. The highest BCUT2D eigenvalue weighted by molar-refractivity contribution is 5.45. The lowest BCUT2D eigenvalue weighted by atomic mass is 9.52. The van der Waals surface area contributed by atoms with Gasteiger partial charge in [0, 0.05) is 14.2 Å². The third-order valence-corrected chi connectivity index (χ3v) is 6.09. The minimum absolute atomic E-state index is 0.274. The van der Waals surface area contributed by atoms with Gasteiger partial charge in [-0.1, -0.05) is 18.9 Å². The lowest BCUT2D eigenvalue weighted by Gasteiger charge is -2.58. The topological polar surface area (TPSA) is 12.5 Å². The maximum atomic E-state index is 7.92. The van der Waals surface area contributed by atoms with Gasteiger partial charge in [-0.2, -0.15) is 0 Å². The normalized spacial score (nSPS) is 37.7. The molecule has 1 unspecified atom stereocenters. The number of nitrogens with zero attached hydrogens (tertiary/aromatic N) is 1. The van der Waals surface area contributed by atoms with E-state index in [4.69, 9.17) is 7.48 Å². The molecule has 0 aromatic heterocycles. The summed E-state index contributed by atoms with van der Waals surface area (Å²) in [5, 5.41) is 0. The summed E-state index contributed by atoms with van der Waals surface area (Å²) in [7, 11) is 1.75. The van der Waals surface area contributed by atoms with E-state index in [1.165, 1.54) is 36.8 Å². The average molecular weight is 273 g/mol. The molecule has 1 heterocycles. The molecular formula is C18H25NO. The Morgan fingerprint density at radius 1 is 1.35 bits per heavy atom. The summed E-state index contributed by atoms with van der Waals surface area (Å²) >= 11 is 0. The zero-order valence-corrected chi connectivity index (χ0v) is 12.3. The molecular weight excluding hydrogens is 246 g/mol. The van der Waals surface area contributed by atoms with Crippen LogP contribution < -0.4 is 4.74 Å². The van der Waals surface area contributed by atoms with Gasteiger partial charge in [0.2, 0.25) is 0 Å². The largest absolute Gasteiger partial charge is 0.497 e. The van der Waals surface area contributed by atoms with Crippen molar-refractivity contribution in [3.8, 4) is 5.75 Å². The van der Waals surface area contributed by atoms with Crippen molar-refractivity contribution in [3.63, 3.8) is 0 Å². The molecule has 108 valence electrons. The van der Waals surface area contributed by atoms with Crippen molar-refractivity contribution >= 4 is 0 Å². The molecule has 2 fully saturated rings. The van der Waals surface area contributed by atoms with E-state index in [0.717, 1.165) is 25.1 Å². The van der Waals surface area contributed by atoms with Gasteiger partial charge in [-0.25, -0.2) is 0 Å². The number of likely N-dealkylation sites (N-methyl/N-ethyl adjacent to an activating group) is 1. The maximum absolute atomic E-state index is 7.92. The first kappa shape index (κ1) is 10.7. The van der Waals surface area contributed by atoms with Gasteiger partial charge in [0.05, 0.1) is 7.11 Å². The highest BCUT2D eigenvalue weighted by Crippen LogP contribution is 2.55. The Morgan fingerprint density at radius 3 is 3.15 bits per heavy atom. The minimum atomic E-state index is -0.829. The molecule has 0 spiro atoms. The van der Waals surface area contributed by atoms with Crippen LogP contribution in [0.4, 0.5) is 0 Å². The lowest BCUT2D eigenvalue weighted by Crippen LogP contribution is -2.59. The number of piperidine rings is 1. The second kappa shape index (κ2) is 4.49. The summed E-state index contributed by atoms with van der Waals surface area (Å²) in [6.45, 7) is 0.0693. The molecule has 2 nitrogen and oxygen atoms in total. The fourth-order valence-electron chi connectivity index (χ4n) is 5.14. The van der Waals surface area contributed by atoms with E-state index in [0.29, 0.717) is 12.0 Å². The van der Waals surface area contributed by atoms with Crippen molar-refractivity contribution in [2.24, 2.45) is 5.92 Å². The standard InChI is InChI=1S/C18H25NO/c1-19-10-9-18-8-4-3-5-15(18)17(19)11-13-6-7-14(20-2)12-16(13)18/h6-7,12,15,17H,3-5,8-11H2,1-2H3/t15?,17-,18-/m1/s1/i1D2.